The fourth-order valence-corrected chi connectivity index (χ4v) is 8.21. The van der Waals surface area contributed by atoms with Crippen LogP contribution < -0.4 is 16.4 Å². The molecule has 4 heterocycles. The normalized spacial score (nSPS) is 26.9. The molecule has 2 aromatic rings. The summed E-state index contributed by atoms with van der Waals surface area (Å²) in [6.07, 6.45) is 6.92. The average molecular weight is 564 g/mol. The van der Waals surface area contributed by atoms with E-state index in [1.54, 1.807) is 22.6 Å². The van der Waals surface area contributed by atoms with Gasteiger partial charge in [0.05, 0.1) is 23.8 Å². The van der Waals surface area contributed by atoms with Gasteiger partial charge < -0.3 is 21.1 Å². The van der Waals surface area contributed by atoms with Crippen molar-refractivity contribution in [2.45, 2.75) is 62.6 Å². The van der Waals surface area contributed by atoms with Crippen LogP contribution in [0.4, 0.5) is 14.5 Å². The number of ether oxygens (including phenoxy) is 1. The maximum atomic E-state index is 15.0. The number of hydrogen-bond donors (Lipinski definition) is 3. The second-order valence-corrected chi connectivity index (χ2v) is 13.1. The Labute approximate surface area is 229 Å². The number of anilines is 1. The van der Waals surface area contributed by atoms with Crippen molar-refractivity contribution in [3.63, 3.8) is 0 Å². The van der Waals surface area contributed by atoms with E-state index in [2.05, 4.69) is 15.6 Å². The maximum absolute atomic E-state index is 15.0. The number of hydrogen-bond acceptors (Lipinski definition) is 7. The predicted octanol–water partition coefficient (Wildman–Crippen LogP) is 3.01. The number of halogens is 2. The molecule has 1 aromatic carbocycles. The highest BCUT2D eigenvalue weighted by Gasteiger charge is 2.38. The second kappa shape index (κ2) is 12.6. The summed E-state index contributed by atoms with van der Waals surface area (Å²) in [4.78, 5) is 4.05. The molecule has 5 rings (SSSR count). The van der Waals surface area contributed by atoms with Crippen molar-refractivity contribution in [3.05, 3.63) is 59.4 Å². The molecule has 5 atom stereocenters. The number of fused-ring (bicyclic) bond motifs is 2. The minimum absolute atomic E-state index is 0.0125. The molecule has 0 amide bonds. The van der Waals surface area contributed by atoms with Crippen molar-refractivity contribution in [2.24, 2.45) is 11.7 Å². The highest BCUT2D eigenvalue weighted by molar-refractivity contribution is 7.89. The Balaban J connectivity index is 1.28. The molecular weight excluding hydrogens is 524 g/mol. The van der Waals surface area contributed by atoms with Gasteiger partial charge in [-0.2, -0.15) is 4.31 Å². The predicted molar refractivity (Wildman–Crippen MR) is 147 cm³/mol. The second-order valence-electron chi connectivity index (χ2n) is 11.0. The van der Waals surface area contributed by atoms with Crippen molar-refractivity contribution in [1.82, 2.24) is 14.6 Å². The number of sulfonamides is 1. The third-order valence-corrected chi connectivity index (χ3v) is 10.5. The molecule has 5 unspecified atom stereocenters. The van der Waals surface area contributed by atoms with Gasteiger partial charge in [0.2, 0.25) is 10.0 Å². The van der Waals surface area contributed by atoms with E-state index in [1.165, 1.54) is 18.3 Å². The minimum atomic E-state index is -3.31. The van der Waals surface area contributed by atoms with Crippen LogP contribution in [0.15, 0.2) is 36.7 Å². The van der Waals surface area contributed by atoms with E-state index in [0.29, 0.717) is 69.3 Å². The molecule has 0 radical (unpaired) electrons. The first kappa shape index (κ1) is 28.4. The maximum Gasteiger partial charge on any atom is 0.214 e. The van der Waals surface area contributed by atoms with Gasteiger partial charge in [0.25, 0.3) is 0 Å². The topological polar surface area (TPSA) is 110 Å². The molecule has 3 fully saturated rings. The Hall–Kier alpha value is -2.18. The van der Waals surface area contributed by atoms with Gasteiger partial charge in [0, 0.05) is 62.5 Å². The largest absolute Gasteiger partial charge is 0.382 e. The number of aromatic nitrogens is 1. The highest BCUT2D eigenvalue weighted by Crippen LogP contribution is 2.35. The van der Waals surface area contributed by atoms with E-state index in [0.717, 1.165) is 24.8 Å². The molecule has 0 saturated carbocycles. The number of nitrogens with one attached hydrogen (secondary N) is 2. The third kappa shape index (κ3) is 6.77. The minimum Gasteiger partial charge on any atom is -0.382 e. The molecule has 0 spiro atoms. The molecule has 0 aliphatic carbocycles. The smallest absolute Gasteiger partial charge is 0.214 e. The molecule has 39 heavy (non-hydrogen) atoms. The van der Waals surface area contributed by atoms with Crippen LogP contribution in [0.3, 0.4) is 0 Å². The van der Waals surface area contributed by atoms with E-state index < -0.39 is 15.8 Å². The van der Waals surface area contributed by atoms with Crippen molar-refractivity contribution in [1.29, 1.82) is 0 Å². The summed E-state index contributed by atoms with van der Waals surface area (Å²) in [7, 11) is -3.31. The van der Waals surface area contributed by atoms with Gasteiger partial charge in [-0.15, -0.1) is 0 Å². The standard InChI is InChI=1S/C28H39F2N5O3S/c29-21-5-3-19(4-6-21)28(20-9-11-38-12-10-20)26(31)16-34-27-17-32-15-25(30)24(27)8-7-23-14-33-22-2-1-13-39(36,37)35(23)18-22/h3-6,15,17,20,22-23,26,28,33-34H,1-2,7-14,16,18,31H2. The van der Waals surface area contributed by atoms with E-state index >= 15 is 4.39 Å². The van der Waals surface area contributed by atoms with Gasteiger partial charge in [-0.1, -0.05) is 12.1 Å². The Bertz CT molecular complexity index is 1210. The third-order valence-electron chi connectivity index (χ3n) is 8.51. The fourth-order valence-electron chi connectivity index (χ4n) is 6.41. The number of piperazine rings is 1. The molecule has 11 heteroatoms. The van der Waals surface area contributed by atoms with Gasteiger partial charge in [0.15, 0.2) is 0 Å². The van der Waals surface area contributed by atoms with Gasteiger partial charge in [-0.05, 0) is 62.1 Å². The van der Waals surface area contributed by atoms with Gasteiger partial charge >= 0.3 is 0 Å². The molecule has 8 nitrogen and oxygen atoms in total. The van der Waals surface area contributed by atoms with Crippen LogP contribution in [0.5, 0.6) is 0 Å². The monoisotopic (exact) mass is 563 g/mol. The van der Waals surface area contributed by atoms with Gasteiger partial charge in [-0.3, -0.25) is 4.98 Å². The van der Waals surface area contributed by atoms with Gasteiger partial charge in [-0.25, -0.2) is 17.2 Å². The molecule has 1 aromatic heterocycles. The molecule has 2 bridgehead atoms. The van der Waals surface area contributed by atoms with Crippen molar-refractivity contribution in [2.75, 3.05) is 43.9 Å². The lowest BCUT2D eigenvalue weighted by Gasteiger charge is -2.37. The molecule has 4 N–H and O–H groups in total. The number of nitrogens with zero attached hydrogens (tertiary/aromatic N) is 2. The quantitative estimate of drug-likeness (QED) is 0.430. The van der Waals surface area contributed by atoms with Crippen LogP contribution in [0, 0.1) is 17.6 Å². The summed E-state index contributed by atoms with van der Waals surface area (Å²) in [5.74, 6) is -0.263. The van der Waals surface area contributed by atoms with E-state index in [1.807, 2.05) is 0 Å². The van der Waals surface area contributed by atoms with E-state index in [-0.39, 0.29) is 35.6 Å². The highest BCUT2D eigenvalue weighted by atomic mass is 32.2. The summed E-state index contributed by atoms with van der Waals surface area (Å²) in [6, 6.07) is 6.17. The van der Waals surface area contributed by atoms with Crippen LogP contribution in [-0.2, 0) is 21.2 Å². The van der Waals surface area contributed by atoms with E-state index in [4.69, 9.17) is 10.5 Å². The Morgan fingerprint density at radius 2 is 1.92 bits per heavy atom. The lowest BCUT2D eigenvalue weighted by atomic mass is 9.77. The van der Waals surface area contributed by atoms with E-state index in [9.17, 15) is 12.8 Å². The Morgan fingerprint density at radius 1 is 1.15 bits per heavy atom. The summed E-state index contributed by atoms with van der Waals surface area (Å²) in [5, 5.41) is 6.80. The van der Waals surface area contributed by atoms with Crippen LogP contribution >= 0.6 is 0 Å². The molecule has 3 aliphatic rings. The molecule has 214 valence electrons. The molecule has 3 aliphatic heterocycles. The molecule has 3 saturated heterocycles. The number of benzene rings is 1. The fraction of sp³-hybridized carbons (Fsp3) is 0.607. The Morgan fingerprint density at radius 3 is 2.69 bits per heavy atom. The SMILES string of the molecule is NC(CNc1cncc(F)c1CCC1CNC2CCCS(=O)(=O)N1C2)C(c1ccc(F)cc1)C1CCOCC1. The zero-order valence-corrected chi connectivity index (χ0v) is 23.0. The lowest BCUT2D eigenvalue weighted by molar-refractivity contribution is 0.0551. The molecular formula is C28H39F2N5O3S. The summed E-state index contributed by atoms with van der Waals surface area (Å²) >= 11 is 0. The lowest BCUT2D eigenvalue weighted by Crippen LogP contribution is -2.57. The van der Waals surface area contributed by atoms with Crippen LogP contribution in [0.1, 0.15) is 49.1 Å². The number of nitrogens with two attached hydrogens (primary N) is 1. The first-order valence-corrected chi connectivity index (χ1v) is 15.6. The Kier molecular flexibility index (Phi) is 9.13. The van der Waals surface area contributed by atoms with Crippen molar-refractivity contribution < 1.29 is 21.9 Å². The van der Waals surface area contributed by atoms with Gasteiger partial charge in [0.1, 0.15) is 11.6 Å². The summed E-state index contributed by atoms with van der Waals surface area (Å²) in [6.45, 7) is 2.76. The zero-order valence-electron chi connectivity index (χ0n) is 22.2. The van der Waals surface area contributed by atoms with Crippen LogP contribution in [0.25, 0.3) is 0 Å². The summed E-state index contributed by atoms with van der Waals surface area (Å²) < 4.78 is 61.5. The van der Waals surface area contributed by atoms with Crippen molar-refractivity contribution in [3.8, 4) is 0 Å². The first-order chi connectivity index (χ1) is 18.8. The average Bonchev–Trinajstić information content (AvgIpc) is 3.05. The number of rotatable bonds is 9. The van der Waals surface area contributed by atoms with Crippen LogP contribution in [-0.4, -0.2) is 74.4 Å². The summed E-state index contributed by atoms with van der Waals surface area (Å²) in [5.41, 5.74) is 8.78. The first-order valence-electron chi connectivity index (χ1n) is 14.0. The zero-order chi connectivity index (χ0) is 27.4. The van der Waals surface area contributed by atoms with Crippen LogP contribution in [0.2, 0.25) is 0 Å². The number of pyridine rings is 1. The van der Waals surface area contributed by atoms with Crippen molar-refractivity contribution >= 4 is 15.7 Å².